The van der Waals surface area contributed by atoms with Crippen molar-refractivity contribution in [1.29, 1.82) is 0 Å². The van der Waals surface area contributed by atoms with Gasteiger partial charge in [-0.05, 0) is 55.8 Å². The molecule has 0 unspecified atom stereocenters. The van der Waals surface area contributed by atoms with E-state index in [-0.39, 0.29) is 0 Å². The van der Waals surface area contributed by atoms with Crippen LogP contribution in [0.15, 0.2) is 76.3 Å². The van der Waals surface area contributed by atoms with Gasteiger partial charge < -0.3 is 9.47 Å². The van der Waals surface area contributed by atoms with E-state index >= 15 is 0 Å². The highest BCUT2D eigenvalue weighted by atomic mass is 79.9. The molecule has 0 aliphatic carbocycles. The number of benzene rings is 3. The van der Waals surface area contributed by atoms with E-state index in [9.17, 15) is 9.59 Å². The number of hydrogen-bond donors (Lipinski definition) is 1. The van der Waals surface area contributed by atoms with Crippen molar-refractivity contribution in [3.8, 4) is 11.5 Å². The van der Waals surface area contributed by atoms with Crippen LogP contribution in [-0.4, -0.2) is 24.7 Å². The lowest BCUT2D eigenvalue weighted by Crippen LogP contribution is -2.19. The number of halogens is 1. The molecule has 0 atom stereocenters. The van der Waals surface area contributed by atoms with Gasteiger partial charge in [0, 0.05) is 10.0 Å². The minimum absolute atomic E-state index is 0.323. The van der Waals surface area contributed by atoms with Gasteiger partial charge in [-0.25, -0.2) is 10.2 Å². The molecule has 3 aromatic carbocycles. The monoisotopic (exact) mass is 480 g/mol. The first-order valence-corrected chi connectivity index (χ1v) is 10.4. The predicted molar refractivity (Wildman–Crippen MR) is 123 cm³/mol. The quantitative estimate of drug-likeness (QED) is 0.220. The largest absolute Gasteiger partial charge is 0.493 e. The number of nitrogens with one attached hydrogen (secondary N) is 1. The van der Waals surface area contributed by atoms with Gasteiger partial charge in [0.1, 0.15) is 11.5 Å². The maximum absolute atomic E-state index is 12.6. The molecule has 3 rings (SSSR count). The van der Waals surface area contributed by atoms with Gasteiger partial charge in [-0.1, -0.05) is 46.3 Å². The fourth-order valence-corrected chi connectivity index (χ4v) is 3.20. The fourth-order valence-electron chi connectivity index (χ4n) is 2.83. The molecule has 1 N–H and O–H groups in total. The third-order valence-electron chi connectivity index (χ3n) is 4.34. The Labute approximate surface area is 189 Å². The maximum Gasteiger partial charge on any atom is 0.343 e. The highest BCUT2D eigenvalue weighted by Gasteiger charge is 2.14. The topological polar surface area (TPSA) is 77.0 Å². The predicted octanol–water partition coefficient (Wildman–Crippen LogP) is 5.14. The Morgan fingerprint density at radius 3 is 2.45 bits per heavy atom. The molecule has 0 saturated heterocycles. The molecular weight excluding hydrogens is 460 g/mol. The van der Waals surface area contributed by atoms with Gasteiger partial charge in [-0.2, -0.15) is 5.10 Å². The Bertz CT molecular complexity index is 1130. The summed E-state index contributed by atoms with van der Waals surface area (Å²) in [5.74, 6) is -0.0734. The number of carbonyl (C=O) groups is 2. The molecule has 31 heavy (non-hydrogen) atoms. The van der Waals surface area contributed by atoms with E-state index in [1.165, 1.54) is 6.21 Å². The van der Waals surface area contributed by atoms with Gasteiger partial charge in [0.15, 0.2) is 0 Å². The number of ether oxygens (including phenoxy) is 2. The summed E-state index contributed by atoms with van der Waals surface area (Å²) in [6.07, 6.45) is 1.42. The second kappa shape index (κ2) is 10.5. The van der Waals surface area contributed by atoms with Crippen LogP contribution in [0.25, 0.3) is 0 Å². The summed E-state index contributed by atoms with van der Waals surface area (Å²) in [4.78, 5) is 25.1. The Morgan fingerprint density at radius 2 is 1.71 bits per heavy atom. The normalized spacial score (nSPS) is 10.7. The van der Waals surface area contributed by atoms with Crippen LogP contribution in [0.2, 0.25) is 0 Å². The minimum atomic E-state index is -0.468. The van der Waals surface area contributed by atoms with Gasteiger partial charge in [-0.3, -0.25) is 4.79 Å². The zero-order chi connectivity index (χ0) is 22.2. The standard InChI is InChI=1S/C24H21BrN2O4/c1-3-30-22-11-7-6-10-20(22)23(28)27-26-15-17-14-18(25)12-13-21(17)31-24(29)19-9-5-4-8-16(19)2/h4-15H,3H2,1-2H3,(H,27,28)/b26-15+. The summed E-state index contributed by atoms with van der Waals surface area (Å²) in [6, 6.07) is 19.3. The smallest absolute Gasteiger partial charge is 0.343 e. The Balaban J connectivity index is 1.77. The number of aryl methyl sites for hydroxylation is 1. The Hall–Kier alpha value is -3.45. The number of carbonyl (C=O) groups excluding carboxylic acids is 2. The molecule has 0 saturated carbocycles. The third-order valence-corrected chi connectivity index (χ3v) is 4.83. The molecule has 0 heterocycles. The maximum atomic E-state index is 12.6. The first-order valence-electron chi connectivity index (χ1n) is 9.62. The Morgan fingerprint density at radius 1 is 1.00 bits per heavy atom. The van der Waals surface area contributed by atoms with E-state index in [1.807, 2.05) is 26.0 Å². The summed E-state index contributed by atoms with van der Waals surface area (Å²) in [5, 5.41) is 4.03. The molecule has 0 aliphatic heterocycles. The second-order valence-electron chi connectivity index (χ2n) is 6.51. The van der Waals surface area contributed by atoms with Gasteiger partial charge >= 0.3 is 5.97 Å². The molecule has 7 heteroatoms. The molecule has 0 fully saturated rings. The van der Waals surface area contributed by atoms with E-state index in [0.29, 0.717) is 34.8 Å². The average molecular weight is 481 g/mol. The molecule has 158 valence electrons. The highest BCUT2D eigenvalue weighted by Crippen LogP contribution is 2.23. The molecule has 6 nitrogen and oxygen atoms in total. The van der Waals surface area contributed by atoms with Crippen molar-refractivity contribution < 1.29 is 19.1 Å². The number of hydrogen-bond acceptors (Lipinski definition) is 5. The van der Waals surface area contributed by atoms with Crippen LogP contribution in [-0.2, 0) is 0 Å². The number of hydrazone groups is 1. The van der Waals surface area contributed by atoms with Crippen molar-refractivity contribution in [2.75, 3.05) is 6.61 Å². The average Bonchev–Trinajstić information content (AvgIpc) is 2.76. The first-order chi connectivity index (χ1) is 15.0. The van der Waals surface area contributed by atoms with Crippen molar-refractivity contribution in [2.24, 2.45) is 5.10 Å². The zero-order valence-electron chi connectivity index (χ0n) is 17.1. The van der Waals surface area contributed by atoms with E-state index < -0.39 is 11.9 Å². The number of amides is 1. The number of para-hydroxylation sites is 1. The molecule has 0 aromatic heterocycles. The lowest BCUT2D eigenvalue weighted by Gasteiger charge is -2.10. The molecule has 0 spiro atoms. The van der Waals surface area contributed by atoms with Crippen LogP contribution in [0.1, 0.15) is 38.8 Å². The lowest BCUT2D eigenvalue weighted by atomic mass is 10.1. The number of esters is 1. The third kappa shape index (κ3) is 5.79. The van der Waals surface area contributed by atoms with Crippen LogP contribution in [0, 0.1) is 6.92 Å². The number of nitrogens with zero attached hydrogens (tertiary/aromatic N) is 1. The first kappa shape index (κ1) is 22.2. The van der Waals surface area contributed by atoms with E-state index in [1.54, 1.807) is 54.6 Å². The van der Waals surface area contributed by atoms with Crippen LogP contribution >= 0.6 is 15.9 Å². The summed E-state index contributed by atoms with van der Waals surface area (Å²) in [6.45, 7) is 4.14. The van der Waals surface area contributed by atoms with Crippen LogP contribution in [0.4, 0.5) is 0 Å². The highest BCUT2D eigenvalue weighted by molar-refractivity contribution is 9.10. The van der Waals surface area contributed by atoms with Crippen LogP contribution in [0.5, 0.6) is 11.5 Å². The summed E-state index contributed by atoms with van der Waals surface area (Å²) < 4.78 is 11.8. The van der Waals surface area contributed by atoms with Crippen molar-refractivity contribution in [3.63, 3.8) is 0 Å². The SMILES string of the molecule is CCOc1ccccc1C(=O)N/N=C/c1cc(Br)ccc1OC(=O)c1ccccc1C. The second-order valence-corrected chi connectivity index (χ2v) is 7.43. The van der Waals surface area contributed by atoms with Crippen molar-refractivity contribution in [2.45, 2.75) is 13.8 Å². The van der Waals surface area contributed by atoms with Crippen LogP contribution < -0.4 is 14.9 Å². The van der Waals surface area contributed by atoms with Crippen molar-refractivity contribution in [1.82, 2.24) is 5.43 Å². The molecular formula is C24H21BrN2O4. The molecule has 0 aliphatic rings. The van der Waals surface area contributed by atoms with E-state index in [0.717, 1.165) is 10.0 Å². The van der Waals surface area contributed by atoms with Gasteiger partial charge in [-0.15, -0.1) is 0 Å². The number of rotatable bonds is 7. The van der Waals surface area contributed by atoms with Gasteiger partial charge in [0.05, 0.1) is 23.9 Å². The minimum Gasteiger partial charge on any atom is -0.493 e. The van der Waals surface area contributed by atoms with Crippen molar-refractivity contribution >= 4 is 34.0 Å². The summed E-state index contributed by atoms with van der Waals surface area (Å²) >= 11 is 3.40. The van der Waals surface area contributed by atoms with E-state index in [2.05, 4.69) is 26.5 Å². The summed E-state index contributed by atoms with van der Waals surface area (Å²) in [5.41, 5.74) is 4.68. The van der Waals surface area contributed by atoms with Crippen LogP contribution in [0.3, 0.4) is 0 Å². The Kier molecular flexibility index (Phi) is 7.56. The fraction of sp³-hybridized carbons (Fsp3) is 0.125. The summed E-state index contributed by atoms with van der Waals surface area (Å²) in [7, 11) is 0. The molecule has 0 radical (unpaired) electrons. The molecule has 1 amide bonds. The van der Waals surface area contributed by atoms with Crippen molar-refractivity contribution in [3.05, 3.63) is 93.5 Å². The molecule has 0 bridgehead atoms. The van der Waals surface area contributed by atoms with E-state index in [4.69, 9.17) is 9.47 Å². The van der Waals surface area contributed by atoms with Gasteiger partial charge in [0.2, 0.25) is 0 Å². The molecule has 3 aromatic rings. The van der Waals surface area contributed by atoms with Gasteiger partial charge in [0.25, 0.3) is 5.91 Å². The lowest BCUT2D eigenvalue weighted by molar-refractivity contribution is 0.0733. The zero-order valence-corrected chi connectivity index (χ0v) is 18.7.